The maximum atomic E-state index is 12.5. The average molecular weight is 314 g/mol. The van der Waals surface area contributed by atoms with Gasteiger partial charge in [-0.2, -0.15) is 5.01 Å². The number of carbonyl (C=O) groups is 3. The number of amides is 3. The number of benzene rings is 1. The van der Waals surface area contributed by atoms with Crippen LogP contribution in [0.4, 0.5) is 0 Å². The second-order valence-corrected chi connectivity index (χ2v) is 5.65. The Labute approximate surface area is 131 Å². The van der Waals surface area contributed by atoms with Crippen LogP contribution < -0.4 is 10.2 Å². The molecule has 3 amide bonds. The summed E-state index contributed by atoms with van der Waals surface area (Å²) < 4.78 is 10.7. The fraction of sp³-hybridized carbons (Fsp3) is 0.312. The van der Waals surface area contributed by atoms with Crippen LogP contribution in [0.2, 0.25) is 0 Å². The summed E-state index contributed by atoms with van der Waals surface area (Å²) in [7, 11) is 1.45. The normalized spacial score (nSPS) is 30.7. The van der Waals surface area contributed by atoms with Crippen LogP contribution in [0.3, 0.4) is 0 Å². The molecule has 0 radical (unpaired) electrons. The summed E-state index contributed by atoms with van der Waals surface area (Å²) in [4.78, 5) is 37.3. The molecule has 0 saturated carbocycles. The lowest BCUT2D eigenvalue weighted by Crippen LogP contribution is -2.48. The maximum absolute atomic E-state index is 12.5. The van der Waals surface area contributed by atoms with Crippen molar-refractivity contribution in [1.29, 1.82) is 0 Å². The number of nitrogens with zero attached hydrogens (tertiary/aromatic N) is 1. The summed E-state index contributed by atoms with van der Waals surface area (Å²) in [5.41, 5.74) is 2.65. The van der Waals surface area contributed by atoms with Crippen molar-refractivity contribution in [2.24, 2.45) is 11.8 Å². The first-order chi connectivity index (χ1) is 11.1. The van der Waals surface area contributed by atoms with Crippen molar-refractivity contribution in [3.63, 3.8) is 0 Å². The molecule has 2 fully saturated rings. The van der Waals surface area contributed by atoms with Gasteiger partial charge in [0, 0.05) is 0 Å². The molecule has 23 heavy (non-hydrogen) atoms. The molecule has 2 bridgehead atoms. The fourth-order valence-electron chi connectivity index (χ4n) is 3.41. The molecule has 3 aliphatic rings. The Bertz CT molecular complexity index is 714. The summed E-state index contributed by atoms with van der Waals surface area (Å²) in [5.74, 6) is -2.15. The van der Waals surface area contributed by atoms with E-state index in [1.54, 1.807) is 36.4 Å². The molecule has 0 aliphatic carbocycles. The quantitative estimate of drug-likeness (QED) is 0.640. The summed E-state index contributed by atoms with van der Waals surface area (Å²) in [6, 6.07) is 6.61. The predicted octanol–water partition coefficient (Wildman–Crippen LogP) is 0.278. The highest BCUT2D eigenvalue weighted by atomic mass is 16.5. The number of para-hydroxylation sites is 1. The molecule has 118 valence electrons. The van der Waals surface area contributed by atoms with Crippen LogP contribution in [0.1, 0.15) is 10.4 Å². The average Bonchev–Trinajstić information content (AvgIpc) is 3.24. The van der Waals surface area contributed by atoms with E-state index in [-0.39, 0.29) is 17.8 Å². The van der Waals surface area contributed by atoms with Gasteiger partial charge in [0.15, 0.2) is 0 Å². The van der Waals surface area contributed by atoms with Gasteiger partial charge in [-0.25, -0.2) is 0 Å². The topological polar surface area (TPSA) is 84.9 Å². The van der Waals surface area contributed by atoms with Crippen molar-refractivity contribution in [3.05, 3.63) is 42.0 Å². The number of carbonyl (C=O) groups excluding carboxylic acids is 3. The van der Waals surface area contributed by atoms with Gasteiger partial charge in [0.25, 0.3) is 17.7 Å². The van der Waals surface area contributed by atoms with E-state index in [1.165, 1.54) is 7.11 Å². The van der Waals surface area contributed by atoms with Gasteiger partial charge in [0.2, 0.25) is 0 Å². The third-order valence-corrected chi connectivity index (χ3v) is 4.48. The maximum Gasteiger partial charge on any atom is 0.274 e. The third kappa shape index (κ3) is 1.90. The van der Waals surface area contributed by atoms with E-state index in [2.05, 4.69) is 5.43 Å². The summed E-state index contributed by atoms with van der Waals surface area (Å²) >= 11 is 0. The van der Waals surface area contributed by atoms with E-state index in [9.17, 15) is 14.4 Å². The van der Waals surface area contributed by atoms with E-state index in [1.807, 2.05) is 0 Å². The van der Waals surface area contributed by atoms with Crippen molar-refractivity contribution in [3.8, 4) is 5.75 Å². The van der Waals surface area contributed by atoms with Crippen LogP contribution >= 0.6 is 0 Å². The van der Waals surface area contributed by atoms with Gasteiger partial charge < -0.3 is 9.47 Å². The monoisotopic (exact) mass is 314 g/mol. The Kier molecular flexibility index (Phi) is 2.99. The highest BCUT2D eigenvalue weighted by Crippen LogP contribution is 2.44. The Morgan fingerprint density at radius 3 is 2.35 bits per heavy atom. The SMILES string of the molecule is COc1ccccc1C(=O)NN1C(=O)[C@@H]2[C@@H](C1=O)[C@@H]1C=C[C@@H]2O1. The molecule has 4 atom stereocenters. The molecular formula is C16H14N2O5. The van der Waals surface area contributed by atoms with Gasteiger partial charge in [0.1, 0.15) is 5.75 Å². The molecule has 3 aliphatic heterocycles. The van der Waals surface area contributed by atoms with Crippen molar-refractivity contribution >= 4 is 17.7 Å². The molecule has 3 heterocycles. The molecule has 4 rings (SSSR count). The van der Waals surface area contributed by atoms with Gasteiger partial charge in [-0.3, -0.25) is 19.8 Å². The van der Waals surface area contributed by atoms with Crippen LogP contribution in [0.25, 0.3) is 0 Å². The second kappa shape index (κ2) is 4.92. The van der Waals surface area contributed by atoms with Crippen LogP contribution in [0.15, 0.2) is 36.4 Å². The fourth-order valence-corrected chi connectivity index (χ4v) is 3.41. The molecule has 7 nitrogen and oxygen atoms in total. The third-order valence-electron chi connectivity index (χ3n) is 4.48. The molecule has 7 heteroatoms. The van der Waals surface area contributed by atoms with Crippen LogP contribution in [-0.2, 0) is 14.3 Å². The zero-order valence-corrected chi connectivity index (χ0v) is 12.3. The Morgan fingerprint density at radius 2 is 1.74 bits per heavy atom. The summed E-state index contributed by atoms with van der Waals surface area (Å²) in [6.07, 6.45) is 2.83. The minimum absolute atomic E-state index is 0.255. The van der Waals surface area contributed by atoms with Crippen molar-refractivity contribution < 1.29 is 23.9 Å². The number of methoxy groups -OCH3 is 1. The Morgan fingerprint density at radius 1 is 1.13 bits per heavy atom. The van der Waals surface area contributed by atoms with Crippen molar-refractivity contribution in [2.75, 3.05) is 7.11 Å². The molecule has 2 saturated heterocycles. The number of rotatable bonds is 3. The van der Waals surface area contributed by atoms with Gasteiger partial charge in [-0.05, 0) is 12.1 Å². The van der Waals surface area contributed by atoms with E-state index < -0.39 is 29.6 Å². The number of nitrogens with one attached hydrogen (secondary N) is 1. The van der Waals surface area contributed by atoms with Crippen LogP contribution in [0, 0.1) is 11.8 Å². The number of hydrazine groups is 1. The highest BCUT2D eigenvalue weighted by Gasteiger charge is 2.61. The number of hydrogen-bond donors (Lipinski definition) is 1. The minimum Gasteiger partial charge on any atom is -0.496 e. The van der Waals surface area contributed by atoms with Gasteiger partial charge in [-0.1, -0.05) is 24.3 Å². The first-order valence-electron chi connectivity index (χ1n) is 7.27. The molecule has 1 N–H and O–H groups in total. The van der Waals surface area contributed by atoms with E-state index in [0.29, 0.717) is 5.75 Å². The zero-order chi connectivity index (χ0) is 16.1. The number of fused-ring (bicyclic) bond motifs is 5. The lowest BCUT2D eigenvalue weighted by atomic mass is 9.85. The minimum atomic E-state index is -0.564. The van der Waals surface area contributed by atoms with Gasteiger partial charge in [0.05, 0.1) is 36.7 Å². The van der Waals surface area contributed by atoms with E-state index >= 15 is 0 Å². The summed E-state index contributed by atoms with van der Waals surface area (Å²) in [5, 5.41) is 0.819. The first kappa shape index (κ1) is 14.0. The van der Waals surface area contributed by atoms with Gasteiger partial charge in [-0.15, -0.1) is 0 Å². The first-order valence-corrected chi connectivity index (χ1v) is 7.27. The van der Waals surface area contributed by atoms with Crippen LogP contribution in [-0.4, -0.2) is 42.0 Å². The van der Waals surface area contributed by atoms with Crippen molar-refractivity contribution in [1.82, 2.24) is 10.4 Å². The lowest BCUT2D eigenvalue weighted by molar-refractivity contribution is -0.145. The Balaban J connectivity index is 1.57. The lowest BCUT2D eigenvalue weighted by Gasteiger charge is -2.18. The van der Waals surface area contributed by atoms with Crippen LogP contribution in [0.5, 0.6) is 5.75 Å². The number of ether oxygens (including phenoxy) is 2. The molecule has 0 unspecified atom stereocenters. The largest absolute Gasteiger partial charge is 0.496 e. The summed E-state index contributed by atoms with van der Waals surface area (Å²) in [6.45, 7) is 0. The highest BCUT2D eigenvalue weighted by molar-refractivity contribution is 6.09. The number of hydrogen-bond acceptors (Lipinski definition) is 5. The predicted molar refractivity (Wildman–Crippen MR) is 77.1 cm³/mol. The van der Waals surface area contributed by atoms with E-state index in [0.717, 1.165) is 5.01 Å². The van der Waals surface area contributed by atoms with Gasteiger partial charge >= 0.3 is 0 Å². The molecule has 0 aromatic heterocycles. The molecule has 0 spiro atoms. The smallest absolute Gasteiger partial charge is 0.274 e. The Hall–Kier alpha value is -2.67. The number of imide groups is 1. The van der Waals surface area contributed by atoms with E-state index in [4.69, 9.17) is 9.47 Å². The standard InChI is InChI=1S/C16H14N2O5/c1-22-9-5-3-2-4-8(9)14(19)17-18-15(20)12-10-6-7-11(23-10)13(12)16(18)21/h2-7,10-13H,1H3,(H,17,19)/t10-,11-,12-,13-/m0/s1. The molecule has 1 aromatic rings. The molecular weight excluding hydrogens is 300 g/mol. The molecule has 1 aromatic carbocycles. The van der Waals surface area contributed by atoms with Crippen molar-refractivity contribution in [2.45, 2.75) is 12.2 Å². The zero-order valence-electron chi connectivity index (χ0n) is 12.3. The second-order valence-electron chi connectivity index (χ2n) is 5.65.